The van der Waals surface area contributed by atoms with Gasteiger partial charge in [-0.2, -0.15) is 0 Å². The van der Waals surface area contributed by atoms with Crippen molar-refractivity contribution in [3.63, 3.8) is 0 Å². The summed E-state index contributed by atoms with van der Waals surface area (Å²) in [4.78, 5) is 14.3. The molecule has 1 aliphatic heterocycles. The van der Waals surface area contributed by atoms with E-state index in [-0.39, 0.29) is 11.9 Å². The lowest BCUT2D eigenvalue weighted by Gasteiger charge is -2.31. The van der Waals surface area contributed by atoms with E-state index in [2.05, 4.69) is 38.2 Å². The lowest BCUT2D eigenvalue weighted by Crippen LogP contribution is -2.44. The minimum absolute atomic E-state index is 0.0731. The number of hydrogen-bond donors (Lipinski definition) is 1. The number of nitrogens with one attached hydrogen (secondary N) is 1. The number of aryl methyl sites for hydroxylation is 1. The topological polar surface area (TPSA) is 58.4 Å². The number of halogens is 1. The summed E-state index contributed by atoms with van der Waals surface area (Å²) >= 11 is 3.56. The molecule has 6 heteroatoms. The largest absolute Gasteiger partial charge is 0.338 e. The van der Waals surface area contributed by atoms with Crippen LogP contribution < -0.4 is 5.32 Å². The minimum atomic E-state index is -0.203. The molecule has 1 amide bonds. The first-order valence-electron chi connectivity index (χ1n) is 6.29. The number of carbonyl (C=O) groups is 1. The maximum atomic E-state index is 12.1. The van der Waals surface area contributed by atoms with Gasteiger partial charge in [-0.25, -0.2) is 0 Å². The Balaban J connectivity index is 1.96. The molecule has 19 heavy (non-hydrogen) atoms. The Kier molecular flexibility index (Phi) is 4.42. The molecule has 1 N–H and O–H groups in total. The predicted octanol–water partition coefficient (Wildman–Crippen LogP) is 2.68. The summed E-state index contributed by atoms with van der Waals surface area (Å²) in [6.07, 6.45) is 0.986. The number of hydrogen-bond acceptors (Lipinski definition) is 4. The van der Waals surface area contributed by atoms with Crippen LogP contribution in [0.5, 0.6) is 0 Å². The third-order valence-electron chi connectivity index (χ3n) is 3.38. The molecule has 0 aliphatic carbocycles. The van der Waals surface area contributed by atoms with Gasteiger partial charge in [0.25, 0.3) is 0 Å². The molecule has 1 aromatic rings. The van der Waals surface area contributed by atoms with Crippen molar-refractivity contribution in [3.05, 3.63) is 21.8 Å². The van der Waals surface area contributed by atoms with Gasteiger partial charge in [-0.1, -0.05) is 26.7 Å². The van der Waals surface area contributed by atoms with Crippen LogP contribution in [0.1, 0.15) is 26.0 Å². The van der Waals surface area contributed by atoms with Crippen LogP contribution in [-0.4, -0.2) is 35.1 Å². The van der Waals surface area contributed by atoms with E-state index in [0.29, 0.717) is 5.88 Å². The van der Waals surface area contributed by atoms with Gasteiger partial charge in [-0.05, 0) is 27.2 Å². The van der Waals surface area contributed by atoms with E-state index in [1.165, 1.54) is 10.1 Å². The molecule has 0 radical (unpaired) electrons. The van der Waals surface area contributed by atoms with Crippen molar-refractivity contribution in [1.29, 1.82) is 0 Å². The molecule has 1 unspecified atom stereocenters. The zero-order valence-corrected chi connectivity index (χ0v) is 13.0. The smallest absolute Gasteiger partial charge is 0.243 e. The first-order chi connectivity index (χ1) is 8.97. The van der Waals surface area contributed by atoms with Gasteiger partial charge >= 0.3 is 0 Å². The second-order valence-corrected chi connectivity index (χ2v) is 5.86. The van der Waals surface area contributed by atoms with E-state index in [4.69, 9.17) is 4.52 Å². The first-order valence-corrected chi connectivity index (χ1v) is 7.09. The number of aromatic nitrogens is 1. The Morgan fingerprint density at radius 3 is 2.89 bits per heavy atom. The van der Waals surface area contributed by atoms with Crippen molar-refractivity contribution in [2.24, 2.45) is 0 Å². The van der Waals surface area contributed by atoms with Gasteiger partial charge in [-0.15, -0.1) is 0 Å². The monoisotopic (exact) mass is 327 g/mol. The van der Waals surface area contributed by atoms with Crippen molar-refractivity contribution in [1.82, 2.24) is 10.1 Å². The summed E-state index contributed by atoms with van der Waals surface area (Å²) in [5.41, 5.74) is 2.11. The highest BCUT2D eigenvalue weighted by Gasteiger charge is 2.25. The second kappa shape index (κ2) is 5.88. The highest BCUT2D eigenvalue weighted by atomic mass is 79.9. The molecular weight excluding hydrogens is 310 g/mol. The average Bonchev–Trinajstić information content (AvgIpc) is 2.77. The van der Waals surface area contributed by atoms with Crippen LogP contribution in [0.2, 0.25) is 0 Å². The average molecular weight is 328 g/mol. The maximum Gasteiger partial charge on any atom is 0.243 e. The van der Waals surface area contributed by atoms with Crippen molar-refractivity contribution >= 4 is 27.7 Å². The van der Waals surface area contributed by atoms with E-state index in [9.17, 15) is 4.79 Å². The van der Waals surface area contributed by atoms with E-state index >= 15 is 0 Å². The van der Waals surface area contributed by atoms with Crippen molar-refractivity contribution < 1.29 is 9.32 Å². The number of rotatable bonds is 3. The molecular formula is C13H18BrN3O2. The Morgan fingerprint density at radius 2 is 2.32 bits per heavy atom. The van der Waals surface area contributed by atoms with Crippen LogP contribution in [0.3, 0.4) is 0 Å². The summed E-state index contributed by atoms with van der Waals surface area (Å²) in [6, 6.07) is 1.51. The van der Waals surface area contributed by atoms with Gasteiger partial charge in [0.15, 0.2) is 0 Å². The fraction of sp³-hybridized carbons (Fsp3) is 0.538. The molecule has 1 aromatic heterocycles. The molecule has 0 saturated heterocycles. The predicted molar refractivity (Wildman–Crippen MR) is 77.1 cm³/mol. The third kappa shape index (κ3) is 3.45. The van der Waals surface area contributed by atoms with Gasteiger partial charge in [0.1, 0.15) is 0 Å². The number of amides is 1. The molecule has 0 spiro atoms. The first kappa shape index (κ1) is 14.3. The fourth-order valence-corrected chi connectivity index (χ4v) is 2.50. The van der Waals surface area contributed by atoms with Crippen molar-refractivity contribution in [2.45, 2.75) is 33.2 Å². The Labute approximate surface area is 121 Å². The zero-order valence-electron chi connectivity index (χ0n) is 11.4. The van der Waals surface area contributed by atoms with Crippen LogP contribution in [0.4, 0.5) is 5.88 Å². The number of anilines is 1. The van der Waals surface area contributed by atoms with Gasteiger partial charge in [0.2, 0.25) is 11.8 Å². The van der Waals surface area contributed by atoms with Crippen LogP contribution in [0, 0.1) is 6.92 Å². The van der Waals surface area contributed by atoms with Crippen molar-refractivity contribution in [3.8, 4) is 0 Å². The van der Waals surface area contributed by atoms with Crippen LogP contribution in [0.25, 0.3) is 0 Å². The van der Waals surface area contributed by atoms with E-state index < -0.39 is 0 Å². The van der Waals surface area contributed by atoms with Gasteiger partial charge in [-0.3, -0.25) is 15.0 Å². The molecule has 2 rings (SSSR count). The zero-order chi connectivity index (χ0) is 14.0. The quantitative estimate of drug-likeness (QED) is 0.927. The Morgan fingerprint density at radius 1 is 1.58 bits per heavy atom. The molecule has 0 bridgehead atoms. The Hall–Kier alpha value is -1.14. The van der Waals surface area contributed by atoms with E-state index in [1.807, 2.05) is 13.8 Å². The van der Waals surface area contributed by atoms with Crippen LogP contribution in [0.15, 0.2) is 20.6 Å². The van der Waals surface area contributed by atoms with E-state index in [0.717, 1.165) is 25.2 Å². The highest BCUT2D eigenvalue weighted by molar-refractivity contribution is 9.11. The maximum absolute atomic E-state index is 12.1. The lowest BCUT2D eigenvalue weighted by atomic mass is 10.1. The van der Waals surface area contributed by atoms with Gasteiger partial charge < -0.3 is 4.52 Å². The molecule has 1 aliphatic rings. The van der Waals surface area contributed by atoms with Crippen LogP contribution >= 0.6 is 15.9 Å². The normalized spacial score (nSPS) is 18.5. The second-order valence-electron chi connectivity index (χ2n) is 4.90. The third-order valence-corrected chi connectivity index (χ3v) is 4.31. The SMILES string of the molecule is CC1=C(Br)CN(C(C)C(=O)Nc2cc(C)no2)CC1. The summed E-state index contributed by atoms with van der Waals surface area (Å²) in [5.74, 6) is 0.327. The summed E-state index contributed by atoms with van der Waals surface area (Å²) in [6.45, 7) is 7.50. The highest BCUT2D eigenvalue weighted by Crippen LogP contribution is 2.23. The number of nitrogens with zero attached hydrogens (tertiary/aromatic N) is 2. The van der Waals surface area contributed by atoms with Crippen LogP contribution in [-0.2, 0) is 4.79 Å². The summed E-state index contributed by atoms with van der Waals surface area (Å²) in [5, 5.41) is 6.49. The van der Waals surface area contributed by atoms with Gasteiger partial charge in [0.05, 0.1) is 11.7 Å². The summed E-state index contributed by atoms with van der Waals surface area (Å²) in [7, 11) is 0. The standard InChI is InChI=1S/C13H18BrN3O2/c1-8-4-5-17(7-11(8)14)10(3)13(18)15-12-6-9(2)16-19-12/h6,10H,4-5,7H2,1-3H3,(H,15,18). The van der Waals surface area contributed by atoms with E-state index in [1.54, 1.807) is 6.07 Å². The van der Waals surface area contributed by atoms with Gasteiger partial charge in [0, 0.05) is 23.6 Å². The molecule has 1 atom stereocenters. The van der Waals surface area contributed by atoms with Crippen molar-refractivity contribution in [2.75, 3.05) is 18.4 Å². The summed E-state index contributed by atoms with van der Waals surface area (Å²) < 4.78 is 6.17. The molecule has 0 fully saturated rings. The lowest BCUT2D eigenvalue weighted by molar-refractivity contribution is -0.120. The molecule has 5 nitrogen and oxygen atoms in total. The molecule has 0 aromatic carbocycles. The molecule has 0 saturated carbocycles. The fourth-order valence-electron chi connectivity index (χ4n) is 1.98. The number of carbonyl (C=O) groups excluding carboxylic acids is 1. The minimum Gasteiger partial charge on any atom is -0.338 e. The molecule has 2 heterocycles. The molecule has 104 valence electrons. The Bertz CT molecular complexity index is 510.